The number of ether oxygens (including phenoxy) is 2. The van der Waals surface area contributed by atoms with Crippen LogP contribution in [0.15, 0.2) is 17.3 Å². The van der Waals surface area contributed by atoms with Crippen molar-refractivity contribution in [2.75, 3.05) is 14.2 Å². The highest BCUT2D eigenvalue weighted by atomic mass is 16.5. The Morgan fingerprint density at radius 3 is 2.73 bits per heavy atom. The number of hydrogen-bond donors (Lipinski definition) is 2. The Bertz CT molecular complexity index is 366. The summed E-state index contributed by atoms with van der Waals surface area (Å²) >= 11 is 0. The fraction of sp³-hybridized carbons (Fsp3) is 0.333. The minimum absolute atomic E-state index is 0.0923. The summed E-state index contributed by atoms with van der Waals surface area (Å²) in [6, 6.07) is 3.44. The Labute approximate surface area is 87.3 Å². The van der Waals surface area contributed by atoms with Gasteiger partial charge in [-0.1, -0.05) is 5.16 Å². The van der Waals surface area contributed by atoms with Crippen LogP contribution in [0.1, 0.15) is 5.69 Å². The third-order valence-electron chi connectivity index (χ3n) is 1.79. The zero-order valence-electron chi connectivity index (χ0n) is 8.60. The van der Waals surface area contributed by atoms with Crippen LogP contribution in [0.4, 0.5) is 0 Å². The van der Waals surface area contributed by atoms with E-state index in [0.29, 0.717) is 17.3 Å². The van der Waals surface area contributed by atoms with Crippen LogP contribution in [0.25, 0.3) is 0 Å². The van der Waals surface area contributed by atoms with Gasteiger partial charge in [-0.25, -0.2) is 4.98 Å². The van der Waals surface area contributed by atoms with Gasteiger partial charge in [0, 0.05) is 0 Å². The molecule has 0 saturated carbocycles. The van der Waals surface area contributed by atoms with Crippen molar-refractivity contribution in [2.45, 2.75) is 6.42 Å². The van der Waals surface area contributed by atoms with Gasteiger partial charge in [-0.15, -0.1) is 0 Å². The van der Waals surface area contributed by atoms with Gasteiger partial charge < -0.3 is 20.4 Å². The maximum Gasteiger partial charge on any atom is 0.256 e. The Morgan fingerprint density at radius 2 is 2.20 bits per heavy atom. The predicted molar refractivity (Wildman–Crippen MR) is 54.5 cm³/mol. The van der Waals surface area contributed by atoms with E-state index in [2.05, 4.69) is 10.1 Å². The minimum atomic E-state index is 0.0923. The van der Waals surface area contributed by atoms with Gasteiger partial charge in [0.15, 0.2) is 5.75 Å². The number of hydrogen-bond acceptors (Lipinski definition) is 5. The molecule has 82 valence electrons. The van der Waals surface area contributed by atoms with E-state index in [9.17, 15) is 0 Å². The molecule has 0 unspecified atom stereocenters. The summed E-state index contributed by atoms with van der Waals surface area (Å²) in [5, 5.41) is 11.3. The van der Waals surface area contributed by atoms with Crippen molar-refractivity contribution in [1.29, 1.82) is 0 Å². The molecule has 0 atom stereocenters. The molecule has 0 amide bonds. The van der Waals surface area contributed by atoms with Crippen LogP contribution in [-0.4, -0.2) is 30.2 Å². The van der Waals surface area contributed by atoms with E-state index in [4.69, 9.17) is 20.4 Å². The second-order valence-corrected chi connectivity index (χ2v) is 2.78. The van der Waals surface area contributed by atoms with Crippen LogP contribution >= 0.6 is 0 Å². The first-order chi connectivity index (χ1) is 7.21. The Hall–Kier alpha value is -1.98. The number of oxime groups is 1. The molecule has 1 rings (SSSR count). The number of nitrogens with two attached hydrogens (primary N) is 1. The molecular weight excluding hydrogens is 198 g/mol. The number of rotatable bonds is 4. The number of nitrogens with zero attached hydrogens (tertiary/aromatic N) is 2. The Kier molecular flexibility index (Phi) is 3.73. The van der Waals surface area contributed by atoms with E-state index in [-0.39, 0.29) is 12.3 Å². The van der Waals surface area contributed by atoms with Crippen molar-refractivity contribution in [3.05, 3.63) is 17.8 Å². The lowest BCUT2D eigenvalue weighted by Crippen LogP contribution is -2.15. The summed E-state index contributed by atoms with van der Waals surface area (Å²) in [5.74, 6) is 1.01. The molecule has 0 aliphatic heterocycles. The van der Waals surface area contributed by atoms with E-state index in [0.717, 1.165) is 0 Å². The van der Waals surface area contributed by atoms with Crippen LogP contribution < -0.4 is 15.2 Å². The van der Waals surface area contributed by atoms with E-state index in [1.54, 1.807) is 12.1 Å². The Balaban J connectivity index is 2.93. The summed E-state index contributed by atoms with van der Waals surface area (Å²) in [6.45, 7) is 0. The average Bonchev–Trinajstić information content (AvgIpc) is 2.28. The fourth-order valence-corrected chi connectivity index (χ4v) is 1.09. The molecule has 0 bridgehead atoms. The first kappa shape index (κ1) is 11.1. The lowest BCUT2D eigenvalue weighted by atomic mass is 10.2. The van der Waals surface area contributed by atoms with Gasteiger partial charge in [-0.05, 0) is 12.1 Å². The number of aromatic nitrogens is 1. The molecule has 0 aliphatic rings. The van der Waals surface area contributed by atoms with E-state index < -0.39 is 0 Å². The van der Waals surface area contributed by atoms with Gasteiger partial charge in [0.05, 0.1) is 26.3 Å². The molecule has 15 heavy (non-hydrogen) atoms. The molecular formula is C9H13N3O3. The van der Waals surface area contributed by atoms with Gasteiger partial charge >= 0.3 is 0 Å². The Morgan fingerprint density at radius 1 is 1.47 bits per heavy atom. The molecule has 6 nitrogen and oxygen atoms in total. The maximum absolute atomic E-state index is 8.40. The van der Waals surface area contributed by atoms with E-state index in [1.807, 2.05) is 0 Å². The molecule has 3 N–H and O–H groups in total. The van der Waals surface area contributed by atoms with Crippen LogP contribution in [0.2, 0.25) is 0 Å². The third kappa shape index (κ3) is 2.73. The molecule has 0 aliphatic carbocycles. The predicted octanol–water partition coefficient (Wildman–Crippen LogP) is 0.388. The van der Waals surface area contributed by atoms with Gasteiger partial charge in [0.2, 0.25) is 0 Å². The van der Waals surface area contributed by atoms with Crippen molar-refractivity contribution < 1.29 is 14.7 Å². The van der Waals surface area contributed by atoms with Crippen molar-refractivity contribution in [2.24, 2.45) is 10.9 Å². The molecule has 0 spiro atoms. The first-order valence-corrected chi connectivity index (χ1v) is 4.25. The monoisotopic (exact) mass is 211 g/mol. The van der Waals surface area contributed by atoms with Crippen molar-refractivity contribution in [3.8, 4) is 11.6 Å². The largest absolute Gasteiger partial charge is 0.491 e. The molecule has 0 saturated heterocycles. The number of pyridine rings is 1. The smallest absolute Gasteiger partial charge is 0.256 e. The van der Waals surface area contributed by atoms with E-state index >= 15 is 0 Å². The molecule has 0 fully saturated rings. The molecule has 1 aromatic rings. The van der Waals surface area contributed by atoms with Gasteiger partial charge in [0.1, 0.15) is 5.84 Å². The summed E-state index contributed by atoms with van der Waals surface area (Å²) in [6.07, 6.45) is 0.261. The SMILES string of the molecule is COc1ccc(C/C(N)=N/O)nc1OC. The van der Waals surface area contributed by atoms with Crippen LogP contribution in [0.5, 0.6) is 11.6 Å². The lowest BCUT2D eigenvalue weighted by Gasteiger charge is -2.07. The van der Waals surface area contributed by atoms with Gasteiger partial charge in [-0.2, -0.15) is 0 Å². The average molecular weight is 211 g/mol. The quantitative estimate of drug-likeness (QED) is 0.325. The highest BCUT2D eigenvalue weighted by molar-refractivity contribution is 5.81. The number of methoxy groups -OCH3 is 2. The zero-order valence-corrected chi connectivity index (χ0v) is 8.60. The molecule has 0 aromatic carbocycles. The van der Waals surface area contributed by atoms with Gasteiger partial charge in [0.25, 0.3) is 5.88 Å². The van der Waals surface area contributed by atoms with Crippen molar-refractivity contribution >= 4 is 5.84 Å². The van der Waals surface area contributed by atoms with Crippen LogP contribution in [0, 0.1) is 0 Å². The maximum atomic E-state index is 8.40. The number of amidine groups is 1. The molecule has 6 heteroatoms. The lowest BCUT2D eigenvalue weighted by molar-refractivity contribution is 0.317. The first-order valence-electron chi connectivity index (χ1n) is 4.25. The third-order valence-corrected chi connectivity index (χ3v) is 1.79. The highest BCUT2D eigenvalue weighted by Crippen LogP contribution is 2.23. The summed E-state index contributed by atoms with van der Waals surface area (Å²) in [5.41, 5.74) is 6.00. The highest BCUT2D eigenvalue weighted by Gasteiger charge is 2.07. The topological polar surface area (TPSA) is 90.0 Å². The summed E-state index contributed by atoms with van der Waals surface area (Å²) in [4.78, 5) is 4.13. The van der Waals surface area contributed by atoms with Crippen molar-refractivity contribution in [3.63, 3.8) is 0 Å². The minimum Gasteiger partial charge on any atom is -0.491 e. The normalized spacial score (nSPS) is 11.2. The van der Waals surface area contributed by atoms with Crippen LogP contribution in [-0.2, 0) is 6.42 Å². The van der Waals surface area contributed by atoms with E-state index in [1.165, 1.54) is 14.2 Å². The summed E-state index contributed by atoms with van der Waals surface area (Å²) < 4.78 is 10.0. The second-order valence-electron chi connectivity index (χ2n) is 2.78. The summed E-state index contributed by atoms with van der Waals surface area (Å²) in [7, 11) is 3.03. The standard InChI is InChI=1S/C9H13N3O3/c1-14-7-4-3-6(5-8(10)12-13)11-9(7)15-2/h3-4,13H,5H2,1-2H3,(H2,10,12). The molecule has 1 aromatic heterocycles. The van der Waals surface area contributed by atoms with Crippen molar-refractivity contribution in [1.82, 2.24) is 4.98 Å². The fourth-order valence-electron chi connectivity index (χ4n) is 1.09. The van der Waals surface area contributed by atoms with Gasteiger partial charge in [-0.3, -0.25) is 0 Å². The molecule has 0 radical (unpaired) electrons. The van der Waals surface area contributed by atoms with Crippen LogP contribution in [0.3, 0.4) is 0 Å². The molecule has 1 heterocycles. The zero-order chi connectivity index (χ0) is 11.3. The second kappa shape index (κ2) is 5.04.